The van der Waals surface area contributed by atoms with Gasteiger partial charge in [0.05, 0.1) is 0 Å². The van der Waals surface area contributed by atoms with Crippen molar-refractivity contribution < 1.29 is 9.90 Å². The molecule has 1 aliphatic heterocycles. The first-order valence-electron chi connectivity index (χ1n) is 5.78. The third-order valence-corrected chi connectivity index (χ3v) is 3.18. The van der Waals surface area contributed by atoms with Gasteiger partial charge in [0.2, 0.25) is 0 Å². The van der Waals surface area contributed by atoms with Gasteiger partial charge in [-0.2, -0.15) is 0 Å². The Morgan fingerprint density at radius 2 is 2.00 bits per heavy atom. The van der Waals surface area contributed by atoms with Crippen LogP contribution in [0.5, 0.6) is 5.75 Å². The fourth-order valence-electron chi connectivity index (χ4n) is 2.17. The number of amides is 1. The van der Waals surface area contributed by atoms with Gasteiger partial charge in [-0.1, -0.05) is 0 Å². The van der Waals surface area contributed by atoms with E-state index in [0.717, 1.165) is 19.4 Å². The van der Waals surface area contributed by atoms with Crippen LogP contribution in [-0.4, -0.2) is 28.5 Å². The molecule has 1 aromatic rings. The summed E-state index contributed by atoms with van der Waals surface area (Å²) in [7, 11) is 0. The lowest BCUT2D eigenvalue weighted by Gasteiger charge is -2.33. The van der Waals surface area contributed by atoms with Crippen molar-refractivity contribution >= 4 is 5.91 Å². The lowest BCUT2D eigenvalue weighted by atomic mass is 10.0. The Balaban J connectivity index is 2.14. The number of benzene rings is 1. The van der Waals surface area contributed by atoms with Gasteiger partial charge in [0, 0.05) is 18.2 Å². The molecule has 0 radical (unpaired) electrons. The molecule has 0 saturated carbocycles. The molecule has 1 amide bonds. The van der Waals surface area contributed by atoms with Crippen molar-refractivity contribution in [2.24, 2.45) is 0 Å². The number of phenols is 1. The van der Waals surface area contributed by atoms with Crippen molar-refractivity contribution in [1.82, 2.24) is 4.90 Å². The third kappa shape index (κ3) is 2.18. The normalized spacial score (nSPS) is 20.8. The predicted molar refractivity (Wildman–Crippen MR) is 62.5 cm³/mol. The average molecular weight is 219 g/mol. The van der Waals surface area contributed by atoms with E-state index in [-0.39, 0.29) is 11.7 Å². The van der Waals surface area contributed by atoms with Crippen molar-refractivity contribution in [3.8, 4) is 5.75 Å². The lowest BCUT2D eigenvalue weighted by Crippen LogP contribution is -2.41. The molecule has 1 unspecified atom stereocenters. The van der Waals surface area contributed by atoms with E-state index in [1.807, 2.05) is 4.90 Å². The standard InChI is InChI=1S/C13H17NO2/c1-10-4-2-3-9-14(10)13(16)11-5-7-12(15)8-6-11/h5-8,10,15H,2-4,9H2,1H3. The van der Waals surface area contributed by atoms with E-state index in [2.05, 4.69) is 6.92 Å². The molecule has 1 heterocycles. The van der Waals surface area contributed by atoms with E-state index >= 15 is 0 Å². The van der Waals surface area contributed by atoms with E-state index in [1.165, 1.54) is 6.42 Å². The Labute approximate surface area is 95.7 Å². The fraction of sp³-hybridized carbons (Fsp3) is 0.462. The molecule has 1 fully saturated rings. The maximum absolute atomic E-state index is 12.2. The highest BCUT2D eigenvalue weighted by Gasteiger charge is 2.23. The van der Waals surface area contributed by atoms with Gasteiger partial charge in [-0.3, -0.25) is 4.79 Å². The molecule has 86 valence electrons. The number of hydrogen-bond acceptors (Lipinski definition) is 2. The summed E-state index contributed by atoms with van der Waals surface area (Å²) < 4.78 is 0. The Bertz CT molecular complexity index is 372. The van der Waals surface area contributed by atoms with Crippen LogP contribution in [0.25, 0.3) is 0 Å². The minimum Gasteiger partial charge on any atom is -0.508 e. The van der Waals surface area contributed by atoms with Crippen LogP contribution in [0, 0.1) is 0 Å². The van der Waals surface area contributed by atoms with Gasteiger partial charge >= 0.3 is 0 Å². The van der Waals surface area contributed by atoms with Gasteiger partial charge in [-0.05, 0) is 50.5 Å². The molecule has 1 saturated heterocycles. The summed E-state index contributed by atoms with van der Waals surface area (Å²) in [6.07, 6.45) is 3.39. The zero-order chi connectivity index (χ0) is 11.5. The Morgan fingerprint density at radius 1 is 1.31 bits per heavy atom. The van der Waals surface area contributed by atoms with Crippen LogP contribution < -0.4 is 0 Å². The van der Waals surface area contributed by atoms with E-state index < -0.39 is 0 Å². The van der Waals surface area contributed by atoms with E-state index in [0.29, 0.717) is 11.6 Å². The smallest absolute Gasteiger partial charge is 0.254 e. The Morgan fingerprint density at radius 3 is 2.62 bits per heavy atom. The summed E-state index contributed by atoms with van der Waals surface area (Å²) in [6.45, 7) is 2.94. The van der Waals surface area contributed by atoms with Crippen LogP contribution in [0.15, 0.2) is 24.3 Å². The maximum Gasteiger partial charge on any atom is 0.254 e. The second kappa shape index (κ2) is 4.56. The van der Waals surface area contributed by atoms with Gasteiger partial charge in [-0.25, -0.2) is 0 Å². The van der Waals surface area contributed by atoms with E-state index in [1.54, 1.807) is 24.3 Å². The predicted octanol–water partition coefficient (Wildman–Crippen LogP) is 2.41. The molecule has 0 aromatic heterocycles. The van der Waals surface area contributed by atoms with Crippen LogP contribution >= 0.6 is 0 Å². The summed E-state index contributed by atoms with van der Waals surface area (Å²) in [6, 6.07) is 6.80. The van der Waals surface area contributed by atoms with Crippen molar-refractivity contribution in [2.75, 3.05) is 6.54 Å². The number of likely N-dealkylation sites (tertiary alicyclic amines) is 1. The van der Waals surface area contributed by atoms with E-state index in [9.17, 15) is 9.90 Å². The second-order valence-corrected chi connectivity index (χ2v) is 4.39. The van der Waals surface area contributed by atoms with Crippen LogP contribution in [-0.2, 0) is 0 Å². The van der Waals surface area contributed by atoms with Crippen molar-refractivity contribution in [3.05, 3.63) is 29.8 Å². The van der Waals surface area contributed by atoms with Crippen molar-refractivity contribution in [1.29, 1.82) is 0 Å². The van der Waals surface area contributed by atoms with Crippen LogP contribution in [0.2, 0.25) is 0 Å². The summed E-state index contributed by atoms with van der Waals surface area (Å²) in [5.41, 5.74) is 0.659. The van der Waals surface area contributed by atoms with Crippen LogP contribution in [0.3, 0.4) is 0 Å². The summed E-state index contributed by atoms with van der Waals surface area (Å²) in [5, 5.41) is 9.18. The summed E-state index contributed by atoms with van der Waals surface area (Å²) in [5.74, 6) is 0.274. The fourth-order valence-corrected chi connectivity index (χ4v) is 2.17. The Kier molecular flexibility index (Phi) is 3.13. The first-order chi connectivity index (χ1) is 7.68. The number of phenolic OH excluding ortho intramolecular Hbond substituents is 1. The summed E-state index contributed by atoms with van der Waals surface area (Å²) >= 11 is 0. The maximum atomic E-state index is 12.2. The third-order valence-electron chi connectivity index (χ3n) is 3.18. The number of rotatable bonds is 1. The number of piperidine rings is 1. The highest BCUT2D eigenvalue weighted by atomic mass is 16.3. The number of aromatic hydroxyl groups is 1. The van der Waals surface area contributed by atoms with Crippen molar-refractivity contribution in [2.45, 2.75) is 32.2 Å². The molecular formula is C13H17NO2. The van der Waals surface area contributed by atoms with Gasteiger partial charge in [0.25, 0.3) is 5.91 Å². The molecule has 0 bridgehead atoms. The van der Waals surface area contributed by atoms with Crippen LogP contribution in [0.1, 0.15) is 36.5 Å². The van der Waals surface area contributed by atoms with Crippen molar-refractivity contribution in [3.63, 3.8) is 0 Å². The number of carbonyl (C=O) groups excluding carboxylic acids is 1. The van der Waals surface area contributed by atoms with E-state index in [4.69, 9.17) is 0 Å². The number of nitrogens with zero attached hydrogens (tertiary/aromatic N) is 1. The zero-order valence-corrected chi connectivity index (χ0v) is 9.52. The SMILES string of the molecule is CC1CCCCN1C(=O)c1ccc(O)cc1. The Hall–Kier alpha value is -1.51. The highest BCUT2D eigenvalue weighted by molar-refractivity contribution is 5.94. The van der Waals surface area contributed by atoms with Gasteiger partial charge in [-0.15, -0.1) is 0 Å². The lowest BCUT2D eigenvalue weighted by molar-refractivity contribution is 0.0635. The molecule has 1 N–H and O–H groups in total. The molecule has 1 aliphatic rings. The van der Waals surface area contributed by atoms with Gasteiger partial charge < -0.3 is 10.0 Å². The molecular weight excluding hydrogens is 202 g/mol. The van der Waals surface area contributed by atoms with Gasteiger partial charge in [0.15, 0.2) is 0 Å². The minimum atomic E-state index is 0.0761. The second-order valence-electron chi connectivity index (χ2n) is 4.39. The molecule has 2 rings (SSSR count). The minimum absolute atomic E-state index is 0.0761. The molecule has 0 aliphatic carbocycles. The first-order valence-corrected chi connectivity index (χ1v) is 5.78. The highest BCUT2D eigenvalue weighted by Crippen LogP contribution is 2.20. The topological polar surface area (TPSA) is 40.5 Å². The number of hydrogen-bond donors (Lipinski definition) is 1. The zero-order valence-electron chi connectivity index (χ0n) is 9.52. The largest absolute Gasteiger partial charge is 0.508 e. The summed E-state index contributed by atoms with van der Waals surface area (Å²) in [4.78, 5) is 14.1. The monoisotopic (exact) mass is 219 g/mol. The van der Waals surface area contributed by atoms with Crippen LogP contribution in [0.4, 0.5) is 0 Å². The molecule has 0 spiro atoms. The quantitative estimate of drug-likeness (QED) is 0.788. The molecule has 1 aromatic carbocycles. The molecule has 3 heteroatoms. The molecule has 16 heavy (non-hydrogen) atoms. The number of carbonyl (C=O) groups is 1. The molecule has 3 nitrogen and oxygen atoms in total. The average Bonchev–Trinajstić information content (AvgIpc) is 2.30. The van der Waals surface area contributed by atoms with Gasteiger partial charge in [0.1, 0.15) is 5.75 Å². The first kappa shape index (κ1) is 11.0. The molecule has 1 atom stereocenters.